The second kappa shape index (κ2) is 9.48. The molecular formula is C24H16ClF2NO6. The van der Waals surface area contributed by atoms with Crippen molar-refractivity contribution in [2.45, 2.75) is 12.5 Å². The molecular weight excluding hydrogens is 472 g/mol. The Hall–Kier alpha value is -3.98. The highest BCUT2D eigenvalue weighted by Crippen LogP contribution is 2.32. The number of aliphatic carboxylic acids is 1. The summed E-state index contributed by atoms with van der Waals surface area (Å²) < 4.78 is 39.9. The number of hydrogen-bond acceptors (Lipinski definition) is 5. The summed E-state index contributed by atoms with van der Waals surface area (Å²) in [6.45, 7) is 0.106. The first kappa shape index (κ1) is 23.2. The fourth-order valence-electron chi connectivity index (χ4n) is 3.44. The predicted molar refractivity (Wildman–Crippen MR) is 118 cm³/mol. The van der Waals surface area contributed by atoms with Crippen LogP contribution in [0.4, 0.5) is 14.5 Å². The summed E-state index contributed by atoms with van der Waals surface area (Å²) in [6, 6.07) is 12.8. The number of hydrogen-bond donors (Lipinski definition) is 2. The van der Waals surface area contributed by atoms with Crippen molar-refractivity contribution in [3.05, 3.63) is 87.9 Å². The molecule has 1 amide bonds. The first-order valence-electron chi connectivity index (χ1n) is 9.98. The van der Waals surface area contributed by atoms with Gasteiger partial charge >= 0.3 is 5.97 Å². The average molecular weight is 488 g/mol. The van der Waals surface area contributed by atoms with E-state index in [1.807, 2.05) is 24.3 Å². The van der Waals surface area contributed by atoms with Crippen molar-refractivity contribution in [3.8, 4) is 11.5 Å². The summed E-state index contributed by atoms with van der Waals surface area (Å²) >= 11 is 6.06. The van der Waals surface area contributed by atoms with Gasteiger partial charge in [0.1, 0.15) is 35.0 Å². The highest BCUT2D eigenvalue weighted by Gasteiger charge is 2.25. The van der Waals surface area contributed by atoms with Crippen molar-refractivity contribution in [2.24, 2.45) is 0 Å². The number of carboxylic acids is 1. The van der Waals surface area contributed by atoms with Crippen LogP contribution in [0.15, 0.2) is 54.6 Å². The van der Waals surface area contributed by atoms with Gasteiger partial charge in [-0.3, -0.25) is 9.59 Å². The molecule has 0 bridgehead atoms. The molecule has 7 nitrogen and oxygen atoms in total. The van der Waals surface area contributed by atoms with Gasteiger partial charge in [-0.05, 0) is 42.0 Å². The Morgan fingerprint density at radius 1 is 1.09 bits per heavy atom. The first-order chi connectivity index (χ1) is 16.2. The Labute approximate surface area is 196 Å². The van der Waals surface area contributed by atoms with E-state index in [0.29, 0.717) is 6.42 Å². The molecule has 3 aromatic carbocycles. The van der Waals surface area contributed by atoms with Gasteiger partial charge < -0.3 is 19.9 Å². The van der Waals surface area contributed by atoms with Crippen molar-refractivity contribution in [3.63, 3.8) is 0 Å². The highest BCUT2D eigenvalue weighted by atomic mass is 35.5. The van der Waals surface area contributed by atoms with Crippen LogP contribution in [0.3, 0.4) is 0 Å². The third-order valence-electron chi connectivity index (χ3n) is 5.09. The van der Waals surface area contributed by atoms with Crippen LogP contribution in [0.1, 0.15) is 26.3 Å². The van der Waals surface area contributed by atoms with E-state index in [-0.39, 0.29) is 24.1 Å². The molecule has 10 heteroatoms. The number of nitrogens with one attached hydrogen (secondary N) is 1. The van der Waals surface area contributed by atoms with Crippen LogP contribution in [0, 0.1) is 11.6 Å². The van der Waals surface area contributed by atoms with Gasteiger partial charge in [0.25, 0.3) is 11.7 Å². The van der Waals surface area contributed by atoms with Crippen LogP contribution in [0.2, 0.25) is 5.02 Å². The average Bonchev–Trinajstić information content (AvgIpc) is 3.23. The SMILES string of the molecule is O=C(O)C(=O)c1cc(NC(=O)c2ccc(OC[C@@H]3Cc4ccccc4O3)c(Cl)c2F)ccc1F. The largest absolute Gasteiger partial charge is 0.488 e. The molecule has 1 atom stereocenters. The molecule has 0 saturated heterocycles. The normalized spacial score (nSPS) is 14.1. The van der Waals surface area contributed by atoms with Gasteiger partial charge in [0.15, 0.2) is 5.82 Å². The lowest BCUT2D eigenvalue weighted by molar-refractivity contribution is -0.131. The molecule has 0 spiro atoms. The number of anilines is 1. The summed E-state index contributed by atoms with van der Waals surface area (Å²) in [6.07, 6.45) is 0.349. The molecule has 0 unspecified atom stereocenters. The van der Waals surface area contributed by atoms with Gasteiger partial charge in [-0.1, -0.05) is 29.8 Å². The van der Waals surface area contributed by atoms with Crippen molar-refractivity contribution in [1.29, 1.82) is 0 Å². The van der Waals surface area contributed by atoms with E-state index in [1.54, 1.807) is 0 Å². The van der Waals surface area contributed by atoms with Gasteiger partial charge in [-0.2, -0.15) is 0 Å². The number of carbonyl (C=O) groups is 3. The van der Waals surface area contributed by atoms with Crippen LogP contribution in [0.25, 0.3) is 0 Å². The summed E-state index contributed by atoms with van der Waals surface area (Å²) in [5.41, 5.74) is -0.250. The smallest absolute Gasteiger partial charge is 0.377 e. The van der Waals surface area contributed by atoms with E-state index in [0.717, 1.165) is 35.6 Å². The Kier molecular flexibility index (Phi) is 6.47. The fourth-order valence-corrected chi connectivity index (χ4v) is 3.66. The van der Waals surface area contributed by atoms with Crippen LogP contribution in [0.5, 0.6) is 11.5 Å². The molecule has 2 N–H and O–H groups in total. The number of benzene rings is 3. The molecule has 34 heavy (non-hydrogen) atoms. The minimum absolute atomic E-state index is 0.0198. The van der Waals surface area contributed by atoms with Gasteiger partial charge in [0, 0.05) is 12.1 Å². The van der Waals surface area contributed by atoms with E-state index in [1.165, 1.54) is 6.07 Å². The third-order valence-corrected chi connectivity index (χ3v) is 5.45. The summed E-state index contributed by atoms with van der Waals surface area (Å²) in [5.74, 6) is -5.63. The number of rotatable bonds is 7. The monoisotopic (exact) mass is 487 g/mol. The minimum atomic E-state index is -1.86. The Morgan fingerprint density at radius 3 is 2.59 bits per heavy atom. The molecule has 3 aromatic rings. The standard InChI is InChI=1S/C24H16ClF2NO6/c25-20-19(33-11-14-9-12-3-1-2-4-18(12)34-14)8-6-15(21(20)27)23(30)28-13-5-7-17(26)16(10-13)22(29)24(31)32/h1-8,10,14H,9,11H2,(H,28,30)(H,31,32)/t14-/m0/s1. The Bertz CT molecular complexity index is 1290. The van der Waals surface area contributed by atoms with Gasteiger partial charge in [-0.15, -0.1) is 0 Å². The fraction of sp³-hybridized carbons (Fsp3) is 0.125. The topological polar surface area (TPSA) is 102 Å². The van der Waals surface area contributed by atoms with Crippen LogP contribution >= 0.6 is 11.6 Å². The molecule has 1 heterocycles. The highest BCUT2D eigenvalue weighted by molar-refractivity contribution is 6.40. The molecule has 4 rings (SSSR count). The number of fused-ring (bicyclic) bond motifs is 1. The second-order valence-corrected chi connectivity index (χ2v) is 7.76. The molecule has 1 aliphatic rings. The first-order valence-corrected chi connectivity index (χ1v) is 10.4. The van der Waals surface area contributed by atoms with Crippen LogP contribution < -0.4 is 14.8 Å². The number of para-hydroxylation sites is 1. The zero-order chi connectivity index (χ0) is 24.4. The van der Waals surface area contributed by atoms with E-state index in [4.69, 9.17) is 26.2 Å². The zero-order valence-corrected chi connectivity index (χ0v) is 18.1. The van der Waals surface area contributed by atoms with Crippen molar-refractivity contribution < 1.29 is 37.7 Å². The summed E-state index contributed by atoms with van der Waals surface area (Å²) in [7, 11) is 0. The van der Waals surface area contributed by atoms with Crippen LogP contribution in [-0.2, 0) is 11.2 Å². The number of halogens is 3. The molecule has 0 aromatic heterocycles. The van der Waals surface area contributed by atoms with E-state index >= 15 is 0 Å². The molecule has 0 aliphatic carbocycles. The second-order valence-electron chi connectivity index (χ2n) is 7.38. The molecule has 1 aliphatic heterocycles. The minimum Gasteiger partial charge on any atom is -0.488 e. The van der Waals surface area contributed by atoms with Gasteiger partial charge in [-0.25, -0.2) is 13.6 Å². The zero-order valence-electron chi connectivity index (χ0n) is 17.3. The van der Waals surface area contributed by atoms with Crippen molar-refractivity contribution in [2.75, 3.05) is 11.9 Å². The van der Waals surface area contributed by atoms with Crippen molar-refractivity contribution >= 4 is 34.9 Å². The van der Waals surface area contributed by atoms with E-state index in [2.05, 4.69) is 5.32 Å². The number of carbonyl (C=O) groups excluding carboxylic acids is 2. The summed E-state index contributed by atoms with van der Waals surface area (Å²) in [4.78, 5) is 34.9. The van der Waals surface area contributed by atoms with Crippen molar-refractivity contribution in [1.82, 2.24) is 0 Å². The number of amides is 1. The van der Waals surface area contributed by atoms with Crippen LogP contribution in [-0.4, -0.2) is 35.5 Å². The lowest BCUT2D eigenvalue weighted by Crippen LogP contribution is -2.22. The van der Waals surface area contributed by atoms with Gasteiger partial charge in [0.2, 0.25) is 0 Å². The Balaban J connectivity index is 1.45. The Morgan fingerprint density at radius 2 is 1.85 bits per heavy atom. The molecule has 0 saturated carbocycles. The molecule has 0 fully saturated rings. The molecule has 0 radical (unpaired) electrons. The third kappa shape index (κ3) is 4.69. The number of ether oxygens (including phenoxy) is 2. The number of carboxylic acid groups (broad SMARTS) is 1. The number of ketones is 1. The summed E-state index contributed by atoms with van der Waals surface area (Å²) in [5, 5.41) is 10.6. The predicted octanol–water partition coefficient (Wildman–Crippen LogP) is 4.52. The quantitative estimate of drug-likeness (QED) is 0.375. The number of Topliss-reactive ketones (excluding diaryl/α,β-unsaturated/α-hetero) is 1. The maximum atomic E-state index is 14.8. The lowest BCUT2D eigenvalue weighted by atomic mass is 10.1. The maximum absolute atomic E-state index is 14.8. The van der Waals surface area contributed by atoms with E-state index < -0.39 is 45.4 Å². The molecule has 174 valence electrons. The maximum Gasteiger partial charge on any atom is 0.377 e. The lowest BCUT2D eigenvalue weighted by Gasteiger charge is -2.15. The van der Waals surface area contributed by atoms with E-state index in [9.17, 15) is 23.2 Å². The van der Waals surface area contributed by atoms with Gasteiger partial charge in [0.05, 0.1) is 11.1 Å².